The Hall–Kier alpha value is -0.980. The topological polar surface area (TPSA) is 56.7 Å². The van der Waals surface area contributed by atoms with Crippen LogP contribution in [0.2, 0.25) is 0 Å². The smallest absolute Gasteiger partial charge is 0.254 e. The van der Waals surface area contributed by atoms with Crippen LogP contribution in [0.1, 0.15) is 10.4 Å². The highest BCUT2D eigenvalue weighted by atomic mass is 79.9. The molecule has 1 aliphatic rings. The highest BCUT2D eigenvalue weighted by molar-refractivity contribution is 9.10. The first-order valence-electron chi connectivity index (χ1n) is 5.95. The number of β-amino-alcohol motifs (C(OH)–C–C–N with tert-alkyl or cyclic N) is 1. The van der Waals surface area contributed by atoms with Crippen LogP contribution in [0.3, 0.4) is 0 Å². The molecule has 98 valence electrons. The molecule has 18 heavy (non-hydrogen) atoms. The van der Waals surface area contributed by atoms with Crippen LogP contribution < -0.4 is 0 Å². The van der Waals surface area contributed by atoms with Crippen molar-refractivity contribution in [2.24, 2.45) is 0 Å². The van der Waals surface area contributed by atoms with Gasteiger partial charge in [-0.15, -0.1) is 0 Å². The van der Waals surface area contributed by atoms with Gasteiger partial charge >= 0.3 is 0 Å². The molecular formula is C12H16BrN3O2. The third-order valence-electron chi connectivity index (χ3n) is 3.05. The van der Waals surface area contributed by atoms with Gasteiger partial charge < -0.3 is 10.0 Å². The van der Waals surface area contributed by atoms with Crippen LogP contribution in [-0.2, 0) is 0 Å². The normalized spacial score (nSPS) is 16.9. The van der Waals surface area contributed by atoms with Crippen LogP contribution in [0.4, 0.5) is 0 Å². The van der Waals surface area contributed by atoms with Crippen molar-refractivity contribution in [1.82, 2.24) is 14.8 Å². The van der Waals surface area contributed by atoms with Crippen molar-refractivity contribution in [2.45, 2.75) is 0 Å². The summed E-state index contributed by atoms with van der Waals surface area (Å²) in [7, 11) is 0. The Labute approximate surface area is 115 Å². The lowest BCUT2D eigenvalue weighted by Crippen LogP contribution is -2.49. The summed E-state index contributed by atoms with van der Waals surface area (Å²) in [5.74, 6) is 0.0433. The van der Waals surface area contributed by atoms with E-state index in [2.05, 4.69) is 25.8 Å². The van der Waals surface area contributed by atoms with E-state index in [0.717, 1.165) is 13.1 Å². The molecule has 0 spiro atoms. The molecule has 0 bridgehead atoms. The highest BCUT2D eigenvalue weighted by Crippen LogP contribution is 2.12. The number of carbonyl (C=O) groups excluding carboxylic acids is 1. The van der Waals surface area contributed by atoms with Gasteiger partial charge in [0.25, 0.3) is 5.91 Å². The van der Waals surface area contributed by atoms with E-state index >= 15 is 0 Å². The van der Waals surface area contributed by atoms with Crippen molar-refractivity contribution in [3.05, 3.63) is 28.5 Å². The zero-order valence-corrected chi connectivity index (χ0v) is 11.6. The van der Waals surface area contributed by atoms with Crippen LogP contribution in [0.5, 0.6) is 0 Å². The molecule has 2 rings (SSSR count). The van der Waals surface area contributed by atoms with Crippen LogP contribution >= 0.6 is 15.9 Å². The number of hydrogen-bond acceptors (Lipinski definition) is 4. The summed E-state index contributed by atoms with van der Waals surface area (Å²) in [6.45, 7) is 3.91. The molecule has 1 fully saturated rings. The summed E-state index contributed by atoms with van der Waals surface area (Å²) < 4.78 is 0.673. The molecule has 6 heteroatoms. The first kappa shape index (κ1) is 13.5. The fraction of sp³-hybridized carbons (Fsp3) is 0.500. The zero-order valence-electron chi connectivity index (χ0n) is 10.0. The van der Waals surface area contributed by atoms with E-state index < -0.39 is 0 Å². The molecule has 0 unspecified atom stereocenters. The molecule has 1 amide bonds. The number of amides is 1. The molecule has 1 N–H and O–H groups in total. The first-order valence-corrected chi connectivity index (χ1v) is 6.74. The predicted molar refractivity (Wildman–Crippen MR) is 71.4 cm³/mol. The number of carbonyl (C=O) groups is 1. The third-order valence-corrected chi connectivity index (χ3v) is 3.48. The largest absolute Gasteiger partial charge is 0.395 e. The molecule has 5 nitrogen and oxygen atoms in total. The summed E-state index contributed by atoms with van der Waals surface area (Å²) in [6.07, 6.45) is 1.62. The van der Waals surface area contributed by atoms with E-state index in [0.29, 0.717) is 29.8 Å². The van der Waals surface area contributed by atoms with E-state index in [1.807, 2.05) is 4.90 Å². The molecule has 1 aliphatic heterocycles. The number of aromatic nitrogens is 1. The average molecular weight is 314 g/mol. The molecular weight excluding hydrogens is 298 g/mol. The fourth-order valence-corrected chi connectivity index (χ4v) is 2.40. The number of aliphatic hydroxyl groups excluding tert-OH is 1. The minimum Gasteiger partial charge on any atom is -0.395 e. The summed E-state index contributed by atoms with van der Waals surface area (Å²) in [6, 6.07) is 3.47. The number of nitrogens with zero attached hydrogens (tertiary/aromatic N) is 3. The lowest BCUT2D eigenvalue weighted by Gasteiger charge is -2.34. The first-order chi connectivity index (χ1) is 8.70. The van der Waals surface area contributed by atoms with E-state index in [4.69, 9.17) is 5.11 Å². The Morgan fingerprint density at radius 1 is 1.39 bits per heavy atom. The van der Waals surface area contributed by atoms with Crippen LogP contribution in [0, 0.1) is 0 Å². The van der Waals surface area contributed by atoms with Gasteiger partial charge in [-0.1, -0.05) is 0 Å². The summed E-state index contributed by atoms with van der Waals surface area (Å²) >= 11 is 3.27. The van der Waals surface area contributed by atoms with Gasteiger partial charge in [-0.3, -0.25) is 9.69 Å². The van der Waals surface area contributed by atoms with Crippen LogP contribution in [0.15, 0.2) is 22.9 Å². The van der Waals surface area contributed by atoms with Gasteiger partial charge in [0.15, 0.2) is 0 Å². The Morgan fingerprint density at radius 3 is 2.72 bits per heavy atom. The number of rotatable bonds is 3. The van der Waals surface area contributed by atoms with Crippen molar-refractivity contribution >= 4 is 21.8 Å². The standard InChI is InChI=1S/C12H16BrN3O2/c13-11-9-10(1-2-14-11)12(18)16-5-3-15(4-6-16)7-8-17/h1-2,9,17H,3-8H2. The maximum atomic E-state index is 12.2. The molecule has 1 aromatic heterocycles. The Balaban J connectivity index is 1.95. The third kappa shape index (κ3) is 3.28. The molecule has 0 saturated carbocycles. The summed E-state index contributed by atoms with van der Waals surface area (Å²) in [5.41, 5.74) is 0.660. The second-order valence-electron chi connectivity index (χ2n) is 4.22. The molecule has 1 saturated heterocycles. The molecule has 0 aliphatic carbocycles. The second-order valence-corrected chi connectivity index (χ2v) is 5.04. The number of pyridine rings is 1. The van der Waals surface area contributed by atoms with Gasteiger partial charge in [-0.05, 0) is 28.1 Å². The fourth-order valence-electron chi connectivity index (χ4n) is 2.03. The molecule has 0 radical (unpaired) electrons. The van der Waals surface area contributed by atoms with Crippen molar-refractivity contribution in [1.29, 1.82) is 0 Å². The molecule has 0 atom stereocenters. The Morgan fingerprint density at radius 2 is 2.11 bits per heavy atom. The lowest BCUT2D eigenvalue weighted by molar-refractivity contribution is 0.0615. The minimum atomic E-state index is 0.0433. The molecule has 1 aromatic rings. The van der Waals surface area contributed by atoms with E-state index in [9.17, 15) is 4.79 Å². The highest BCUT2D eigenvalue weighted by Gasteiger charge is 2.21. The maximum absolute atomic E-state index is 12.2. The Kier molecular flexibility index (Phi) is 4.68. The zero-order chi connectivity index (χ0) is 13.0. The molecule has 0 aromatic carbocycles. The number of hydrogen-bond donors (Lipinski definition) is 1. The van der Waals surface area contributed by atoms with Gasteiger partial charge in [0.1, 0.15) is 4.60 Å². The molecule has 2 heterocycles. The summed E-state index contributed by atoms with van der Waals surface area (Å²) in [5, 5.41) is 8.87. The van der Waals surface area contributed by atoms with Crippen molar-refractivity contribution < 1.29 is 9.90 Å². The minimum absolute atomic E-state index is 0.0433. The van der Waals surface area contributed by atoms with E-state index in [-0.39, 0.29) is 12.5 Å². The lowest BCUT2D eigenvalue weighted by atomic mass is 10.2. The number of aliphatic hydroxyl groups is 1. The summed E-state index contributed by atoms with van der Waals surface area (Å²) in [4.78, 5) is 20.2. The van der Waals surface area contributed by atoms with Crippen LogP contribution in [0.25, 0.3) is 0 Å². The second kappa shape index (κ2) is 6.26. The SMILES string of the molecule is O=C(c1ccnc(Br)c1)N1CCN(CCO)CC1. The van der Waals surface area contributed by atoms with Crippen molar-refractivity contribution in [3.63, 3.8) is 0 Å². The average Bonchev–Trinajstić information content (AvgIpc) is 2.39. The maximum Gasteiger partial charge on any atom is 0.254 e. The van der Waals surface area contributed by atoms with Gasteiger partial charge in [0.05, 0.1) is 6.61 Å². The monoisotopic (exact) mass is 313 g/mol. The van der Waals surface area contributed by atoms with Crippen molar-refractivity contribution in [3.8, 4) is 0 Å². The predicted octanol–water partition coefficient (Wildman–Crippen LogP) is 0.594. The van der Waals surface area contributed by atoms with E-state index in [1.165, 1.54) is 0 Å². The number of piperazine rings is 1. The van der Waals surface area contributed by atoms with Gasteiger partial charge in [0.2, 0.25) is 0 Å². The number of halogens is 1. The van der Waals surface area contributed by atoms with Crippen LogP contribution in [-0.4, -0.2) is 65.1 Å². The Bertz CT molecular complexity index is 420. The van der Waals surface area contributed by atoms with Gasteiger partial charge in [0, 0.05) is 44.5 Å². The van der Waals surface area contributed by atoms with Gasteiger partial charge in [-0.25, -0.2) is 4.98 Å². The quantitative estimate of drug-likeness (QED) is 0.830. The van der Waals surface area contributed by atoms with Crippen molar-refractivity contribution in [2.75, 3.05) is 39.3 Å². The van der Waals surface area contributed by atoms with Gasteiger partial charge in [-0.2, -0.15) is 0 Å². The van der Waals surface area contributed by atoms with E-state index in [1.54, 1.807) is 18.3 Å².